The topological polar surface area (TPSA) is 46.9 Å². The summed E-state index contributed by atoms with van der Waals surface area (Å²) in [5.74, 6) is -0.126. The van der Waals surface area contributed by atoms with Gasteiger partial charge in [0.15, 0.2) is 0 Å². The average molecular weight is 336 g/mol. The summed E-state index contributed by atoms with van der Waals surface area (Å²) in [6, 6.07) is 11.7. The van der Waals surface area contributed by atoms with Gasteiger partial charge in [0.1, 0.15) is 5.69 Å². The van der Waals surface area contributed by atoms with Gasteiger partial charge in [0.2, 0.25) is 0 Å². The van der Waals surface area contributed by atoms with Gasteiger partial charge in [-0.05, 0) is 25.5 Å². The van der Waals surface area contributed by atoms with Gasteiger partial charge >= 0.3 is 0 Å². The summed E-state index contributed by atoms with van der Waals surface area (Å²) in [6.45, 7) is 3.87. The summed E-state index contributed by atoms with van der Waals surface area (Å²) in [4.78, 5) is 12.4. The number of aromatic nitrogens is 2. The second-order valence-electron chi connectivity index (χ2n) is 5.08. The van der Waals surface area contributed by atoms with Gasteiger partial charge in [0.25, 0.3) is 5.91 Å². The smallest absolute Gasteiger partial charge is 0.270 e. The van der Waals surface area contributed by atoms with Crippen molar-refractivity contribution >= 4 is 21.8 Å². The molecular formula is C15H18BrN3O. The molecule has 0 saturated heterocycles. The maximum Gasteiger partial charge on any atom is 0.270 e. The standard InChI is InChI=1S/C15H18BrN3O/c1-11-9-13(19(3)18-11)14(20)17-15(2,10-16)12-7-5-4-6-8-12/h4-9H,10H2,1-3H3,(H,17,20). The van der Waals surface area contributed by atoms with Crippen LogP contribution in [0.25, 0.3) is 0 Å². The van der Waals surface area contributed by atoms with E-state index < -0.39 is 5.54 Å². The summed E-state index contributed by atoms with van der Waals surface area (Å²) < 4.78 is 1.60. The molecule has 0 saturated carbocycles. The fraction of sp³-hybridized carbons (Fsp3) is 0.333. The summed E-state index contributed by atoms with van der Waals surface area (Å²) in [5, 5.41) is 7.92. The minimum absolute atomic E-state index is 0.126. The molecule has 1 heterocycles. The van der Waals surface area contributed by atoms with Gasteiger partial charge in [-0.3, -0.25) is 9.48 Å². The lowest BCUT2D eigenvalue weighted by Gasteiger charge is -2.29. The van der Waals surface area contributed by atoms with E-state index in [0.717, 1.165) is 11.3 Å². The molecule has 1 aromatic heterocycles. The lowest BCUT2D eigenvalue weighted by Crippen LogP contribution is -2.45. The zero-order valence-electron chi connectivity index (χ0n) is 11.9. The third-order valence-corrected chi connectivity index (χ3v) is 4.42. The molecule has 2 aromatic rings. The van der Waals surface area contributed by atoms with Crippen LogP contribution < -0.4 is 5.32 Å². The Morgan fingerprint density at radius 2 is 2.05 bits per heavy atom. The largest absolute Gasteiger partial charge is 0.341 e. The first-order valence-corrected chi connectivity index (χ1v) is 7.53. The first-order valence-electron chi connectivity index (χ1n) is 6.41. The van der Waals surface area contributed by atoms with Crippen LogP contribution in [0, 0.1) is 6.92 Å². The summed E-state index contributed by atoms with van der Waals surface area (Å²) in [6.07, 6.45) is 0. The molecule has 0 radical (unpaired) electrons. The van der Waals surface area contributed by atoms with Crippen molar-refractivity contribution in [3.05, 3.63) is 53.3 Å². The molecule has 5 heteroatoms. The second kappa shape index (κ2) is 5.79. The molecule has 0 aliphatic heterocycles. The van der Waals surface area contributed by atoms with E-state index in [2.05, 4.69) is 26.3 Å². The molecule has 0 aliphatic carbocycles. The van der Waals surface area contributed by atoms with Crippen molar-refractivity contribution < 1.29 is 4.79 Å². The number of alkyl halides is 1. The highest BCUT2D eigenvalue weighted by Crippen LogP contribution is 2.23. The van der Waals surface area contributed by atoms with E-state index in [0.29, 0.717) is 11.0 Å². The first-order chi connectivity index (χ1) is 9.46. The predicted octanol–water partition coefficient (Wildman–Crippen LogP) is 2.77. The Kier molecular flexibility index (Phi) is 4.28. The number of carbonyl (C=O) groups excluding carboxylic acids is 1. The molecule has 4 nitrogen and oxygen atoms in total. The molecule has 20 heavy (non-hydrogen) atoms. The Morgan fingerprint density at radius 1 is 1.40 bits per heavy atom. The number of benzene rings is 1. The van der Waals surface area contributed by atoms with E-state index in [1.54, 1.807) is 17.8 Å². The van der Waals surface area contributed by atoms with Crippen molar-refractivity contribution in [2.24, 2.45) is 7.05 Å². The SMILES string of the molecule is Cc1cc(C(=O)NC(C)(CBr)c2ccccc2)n(C)n1. The van der Waals surface area contributed by atoms with Gasteiger partial charge in [-0.15, -0.1) is 0 Å². The van der Waals surface area contributed by atoms with E-state index in [1.165, 1.54) is 0 Å². The monoisotopic (exact) mass is 335 g/mol. The zero-order valence-corrected chi connectivity index (χ0v) is 13.4. The van der Waals surface area contributed by atoms with Crippen molar-refractivity contribution in [2.75, 3.05) is 5.33 Å². The van der Waals surface area contributed by atoms with Crippen molar-refractivity contribution in [3.63, 3.8) is 0 Å². The third-order valence-electron chi connectivity index (χ3n) is 3.30. The van der Waals surface area contributed by atoms with Gasteiger partial charge in [-0.1, -0.05) is 46.3 Å². The quantitative estimate of drug-likeness (QED) is 0.873. The van der Waals surface area contributed by atoms with Gasteiger partial charge in [-0.25, -0.2) is 0 Å². The number of nitrogens with one attached hydrogen (secondary N) is 1. The molecule has 1 unspecified atom stereocenters. The van der Waals surface area contributed by atoms with Gasteiger partial charge in [0.05, 0.1) is 11.2 Å². The summed E-state index contributed by atoms with van der Waals surface area (Å²) in [7, 11) is 1.77. The van der Waals surface area contributed by atoms with Crippen LogP contribution in [-0.2, 0) is 12.6 Å². The van der Waals surface area contributed by atoms with Crippen LogP contribution in [0.5, 0.6) is 0 Å². The minimum Gasteiger partial charge on any atom is -0.341 e. The van der Waals surface area contributed by atoms with Crippen LogP contribution >= 0.6 is 15.9 Å². The number of amides is 1. The lowest BCUT2D eigenvalue weighted by molar-refractivity contribution is 0.0904. The summed E-state index contributed by atoms with van der Waals surface area (Å²) >= 11 is 3.50. The van der Waals surface area contributed by atoms with Gasteiger partial charge in [-0.2, -0.15) is 5.10 Å². The van der Waals surface area contributed by atoms with E-state index in [9.17, 15) is 4.79 Å². The molecular weight excluding hydrogens is 318 g/mol. The number of halogens is 1. The van der Waals surface area contributed by atoms with Crippen LogP contribution in [0.15, 0.2) is 36.4 Å². The number of rotatable bonds is 4. The molecule has 0 bridgehead atoms. The predicted molar refractivity (Wildman–Crippen MR) is 83.0 cm³/mol. The fourth-order valence-corrected chi connectivity index (χ4v) is 2.59. The Bertz CT molecular complexity index is 609. The van der Waals surface area contributed by atoms with Crippen LogP contribution in [0.2, 0.25) is 0 Å². The van der Waals surface area contributed by atoms with Crippen molar-refractivity contribution in [1.29, 1.82) is 0 Å². The van der Waals surface area contributed by atoms with Crippen molar-refractivity contribution in [3.8, 4) is 0 Å². The molecule has 1 aromatic carbocycles. The number of hydrogen-bond donors (Lipinski definition) is 1. The molecule has 0 fully saturated rings. The number of aryl methyl sites for hydroxylation is 2. The first kappa shape index (κ1) is 14.8. The average Bonchev–Trinajstić information content (AvgIpc) is 2.78. The molecule has 0 spiro atoms. The zero-order chi connectivity index (χ0) is 14.8. The maximum absolute atomic E-state index is 12.4. The molecule has 1 atom stereocenters. The minimum atomic E-state index is -0.462. The molecule has 1 amide bonds. The molecule has 0 aliphatic rings. The highest BCUT2D eigenvalue weighted by atomic mass is 79.9. The molecule has 106 valence electrons. The van der Waals surface area contributed by atoms with Crippen LogP contribution in [0.4, 0.5) is 0 Å². The summed E-state index contributed by atoms with van der Waals surface area (Å²) in [5.41, 5.74) is 1.99. The maximum atomic E-state index is 12.4. The Balaban J connectivity index is 2.26. The highest BCUT2D eigenvalue weighted by Gasteiger charge is 2.28. The highest BCUT2D eigenvalue weighted by molar-refractivity contribution is 9.09. The Labute approximate surface area is 127 Å². The van der Waals surface area contributed by atoms with E-state index in [1.807, 2.05) is 44.2 Å². The molecule has 2 rings (SSSR count). The van der Waals surface area contributed by atoms with Crippen LogP contribution in [-0.4, -0.2) is 21.0 Å². The lowest BCUT2D eigenvalue weighted by atomic mass is 9.94. The van der Waals surface area contributed by atoms with Gasteiger partial charge < -0.3 is 5.32 Å². The van der Waals surface area contributed by atoms with E-state index in [-0.39, 0.29) is 5.91 Å². The Morgan fingerprint density at radius 3 is 2.55 bits per heavy atom. The number of nitrogens with zero attached hydrogens (tertiary/aromatic N) is 2. The normalized spacial score (nSPS) is 13.8. The third kappa shape index (κ3) is 2.93. The van der Waals surface area contributed by atoms with Crippen LogP contribution in [0.3, 0.4) is 0 Å². The van der Waals surface area contributed by atoms with Crippen molar-refractivity contribution in [1.82, 2.24) is 15.1 Å². The van der Waals surface area contributed by atoms with E-state index in [4.69, 9.17) is 0 Å². The Hall–Kier alpha value is -1.62. The van der Waals surface area contributed by atoms with Gasteiger partial charge in [0, 0.05) is 12.4 Å². The number of hydrogen-bond acceptors (Lipinski definition) is 2. The second-order valence-corrected chi connectivity index (χ2v) is 5.64. The van der Waals surface area contributed by atoms with E-state index >= 15 is 0 Å². The van der Waals surface area contributed by atoms with Crippen molar-refractivity contribution in [2.45, 2.75) is 19.4 Å². The fourth-order valence-electron chi connectivity index (χ4n) is 2.13. The van der Waals surface area contributed by atoms with Crippen LogP contribution in [0.1, 0.15) is 28.7 Å². The number of carbonyl (C=O) groups is 1. The molecule has 1 N–H and O–H groups in total.